The Hall–Kier alpha value is -1.85. The number of rotatable bonds is 4. The lowest BCUT2D eigenvalue weighted by molar-refractivity contribution is 0.457. The minimum atomic E-state index is -0.114. The Labute approximate surface area is 121 Å². The van der Waals surface area contributed by atoms with Crippen LogP contribution >= 0.6 is 0 Å². The third kappa shape index (κ3) is 3.18. The summed E-state index contributed by atoms with van der Waals surface area (Å²) in [6, 6.07) is 15.3. The van der Waals surface area contributed by atoms with Gasteiger partial charge in [0.25, 0.3) is 0 Å². The zero-order valence-electron chi connectivity index (χ0n) is 12.7. The highest BCUT2D eigenvalue weighted by Gasteiger charge is 2.21. The van der Waals surface area contributed by atoms with Gasteiger partial charge < -0.3 is 5.32 Å². The fourth-order valence-electron chi connectivity index (χ4n) is 2.34. The molecule has 1 atom stereocenters. The molecular weight excluding hydrogens is 244 g/mol. The number of fused-ring (bicyclic) bond motifs is 1. The van der Waals surface area contributed by atoms with Crippen LogP contribution in [-0.2, 0) is 5.41 Å². The van der Waals surface area contributed by atoms with E-state index in [1.165, 1.54) is 21.9 Å². The largest absolute Gasteiger partial charge is 0.301 e. The smallest absolute Gasteiger partial charge is 0.0924 e. The minimum absolute atomic E-state index is 0.00415. The standard InChI is InChI=1S/C18H22N2/c1-13-5-6-16-10-17(8-7-15(16)9-13)18(3,4)12-20-14(2)11-19/h5-10,14,20H,12H2,1-4H3. The molecule has 104 valence electrons. The molecule has 2 rings (SSSR count). The maximum atomic E-state index is 8.86. The number of benzene rings is 2. The predicted molar refractivity (Wildman–Crippen MR) is 84.8 cm³/mol. The molecule has 2 nitrogen and oxygen atoms in total. The second-order valence-electron chi connectivity index (χ2n) is 6.18. The normalized spacial score (nSPS) is 13.2. The van der Waals surface area contributed by atoms with Crippen molar-refractivity contribution in [2.24, 2.45) is 0 Å². The van der Waals surface area contributed by atoms with Crippen molar-refractivity contribution in [2.75, 3.05) is 6.54 Å². The summed E-state index contributed by atoms with van der Waals surface area (Å²) in [7, 11) is 0. The van der Waals surface area contributed by atoms with Crippen LogP contribution in [0.2, 0.25) is 0 Å². The predicted octanol–water partition coefficient (Wildman–Crippen LogP) is 3.93. The lowest BCUT2D eigenvalue weighted by Crippen LogP contribution is -2.37. The van der Waals surface area contributed by atoms with Crippen LogP contribution in [0.4, 0.5) is 0 Å². The molecule has 0 saturated heterocycles. The number of nitrogens with one attached hydrogen (secondary N) is 1. The third-order valence-electron chi connectivity index (χ3n) is 3.82. The van der Waals surface area contributed by atoms with E-state index in [2.05, 4.69) is 68.6 Å². The van der Waals surface area contributed by atoms with Crippen LogP contribution in [0.1, 0.15) is 31.9 Å². The Kier molecular flexibility index (Phi) is 4.11. The van der Waals surface area contributed by atoms with Gasteiger partial charge in [0.1, 0.15) is 0 Å². The highest BCUT2D eigenvalue weighted by molar-refractivity contribution is 5.84. The summed E-state index contributed by atoms with van der Waals surface area (Å²) < 4.78 is 0. The van der Waals surface area contributed by atoms with Crippen LogP contribution in [0.25, 0.3) is 10.8 Å². The summed E-state index contributed by atoms with van der Waals surface area (Å²) in [5, 5.41) is 14.7. The van der Waals surface area contributed by atoms with Crippen molar-refractivity contribution in [1.82, 2.24) is 5.32 Å². The average Bonchev–Trinajstić information content (AvgIpc) is 2.44. The van der Waals surface area contributed by atoms with Gasteiger partial charge in [-0.3, -0.25) is 0 Å². The van der Waals surface area contributed by atoms with Crippen LogP contribution in [0.15, 0.2) is 36.4 Å². The van der Waals surface area contributed by atoms with E-state index in [9.17, 15) is 0 Å². The van der Waals surface area contributed by atoms with Gasteiger partial charge in [0, 0.05) is 12.0 Å². The van der Waals surface area contributed by atoms with Crippen molar-refractivity contribution in [3.8, 4) is 6.07 Å². The van der Waals surface area contributed by atoms with Gasteiger partial charge >= 0.3 is 0 Å². The van der Waals surface area contributed by atoms with Crippen LogP contribution in [0, 0.1) is 18.3 Å². The summed E-state index contributed by atoms with van der Waals surface area (Å²) >= 11 is 0. The monoisotopic (exact) mass is 266 g/mol. The summed E-state index contributed by atoms with van der Waals surface area (Å²) in [5.41, 5.74) is 2.59. The molecule has 0 amide bonds. The molecule has 2 aromatic carbocycles. The van der Waals surface area contributed by atoms with Gasteiger partial charge in [-0.05, 0) is 30.2 Å². The Morgan fingerprint density at radius 3 is 2.50 bits per heavy atom. The zero-order valence-corrected chi connectivity index (χ0v) is 12.7. The van der Waals surface area contributed by atoms with Crippen molar-refractivity contribution in [2.45, 2.75) is 39.2 Å². The van der Waals surface area contributed by atoms with E-state index in [1.54, 1.807) is 0 Å². The highest BCUT2D eigenvalue weighted by atomic mass is 14.9. The molecular formula is C18H22N2. The molecule has 0 aromatic heterocycles. The Bertz CT molecular complexity index is 650. The van der Waals surface area contributed by atoms with Gasteiger partial charge in [-0.1, -0.05) is 55.8 Å². The van der Waals surface area contributed by atoms with E-state index in [1.807, 2.05) is 6.92 Å². The second-order valence-corrected chi connectivity index (χ2v) is 6.18. The van der Waals surface area contributed by atoms with Gasteiger partial charge in [0.15, 0.2) is 0 Å². The molecule has 1 unspecified atom stereocenters. The van der Waals surface area contributed by atoms with E-state index in [4.69, 9.17) is 5.26 Å². The first kappa shape index (κ1) is 14.6. The third-order valence-corrected chi connectivity index (χ3v) is 3.82. The first-order valence-corrected chi connectivity index (χ1v) is 7.06. The van der Waals surface area contributed by atoms with Crippen LogP contribution in [0.5, 0.6) is 0 Å². The van der Waals surface area contributed by atoms with Gasteiger partial charge in [0.2, 0.25) is 0 Å². The van der Waals surface area contributed by atoms with Crippen LogP contribution < -0.4 is 5.32 Å². The maximum Gasteiger partial charge on any atom is 0.0924 e. The first-order chi connectivity index (χ1) is 9.42. The number of nitriles is 1. The van der Waals surface area contributed by atoms with Crippen molar-refractivity contribution >= 4 is 10.8 Å². The first-order valence-electron chi connectivity index (χ1n) is 7.06. The molecule has 2 heteroatoms. The SMILES string of the molecule is Cc1ccc2cc(C(C)(C)CNC(C)C#N)ccc2c1. The summed E-state index contributed by atoms with van der Waals surface area (Å²) in [5.74, 6) is 0. The second kappa shape index (κ2) is 5.64. The molecule has 0 aliphatic heterocycles. The van der Waals surface area contributed by atoms with E-state index in [0.717, 1.165) is 6.54 Å². The topological polar surface area (TPSA) is 35.8 Å². The van der Waals surface area contributed by atoms with Crippen LogP contribution in [-0.4, -0.2) is 12.6 Å². The lowest BCUT2D eigenvalue weighted by atomic mass is 9.83. The average molecular weight is 266 g/mol. The van der Waals surface area contributed by atoms with E-state index < -0.39 is 0 Å². The molecule has 20 heavy (non-hydrogen) atoms. The van der Waals surface area contributed by atoms with Gasteiger partial charge in [-0.15, -0.1) is 0 Å². The van der Waals surface area contributed by atoms with Crippen molar-refractivity contribution in [3.05, 3.63) is 47.5 Å². The number of hydrogen-bond donors (Lipinski definition) is 1. The minimum Gasteiger partial charge on any atom is -0.301 e. The quantitative estimate of drug-likeness (QED) is 0.910. The molecule has 0 bridgehead atoms. The summed E-state index contributed by atoms with van der Waals surface area (Å²) in [6.45, 7) is 9.21. The Balaban J connectivity index is 2.27. The molecule has 0 aliphatic carbocycles. The molecule has 0 radical (unpaired) electrons. The van der Waals surface area contributed by atoms with E-state index in [-0.39, 0.29) is 11.5 Å². The summed E-state index contributed by atoms with van der Waals surface area (Å²) in [6.07, 6.45) is 0. The van der Waals surface area contributed by atoms with Gasteiger partial charge in [0.05, 0.1) is 12.1 Å². The molecule has 0 aliphatic rings. The molecule has 0 spiro atoms. The fraction of sp³-hybridized carbons (Fsp3) is 0.389. The molecule has 2 aromatic rings. The fourth-order valence-corrected chi connectivity index (χ4v) is 2.34. The molecule has 0 heterocycles. The lowest BCUT2D eigenvalue weighted by Gasteiger charge is -2.27. The number of nitrogens with zero attached hydrogens (tertiary/aromatic N) is 1. The number of hydrogen-bond acceptors (Lipinski definition) is 2. The Morgan fingerprint density at radius 1 is 1.15 bits per heavy atom. The van der Waals surface area contributed by atoms with E-state index >= 15 is 0 Å². The van der Waals surface area contributed by atoms with Crippen LogP contribution in [0.3, 0.4) is 0 Å². The van der Waals surface area contributed by atoms with Crippen molar-refractivity contribution < 1.29 is 0 Å². The molecule has 0 fully saturated rings. The molecule has 1 N–H and O–H groups in total. The highest BCUT2D eigenvalue weighted by Crippen LogP contribution is 2.26. The van der Waals surface area contributed by atoms with Crippen molar-refractivity contribution in [1.29, 1.82) is 5.26 Å². The Morgan fingerprint density at radius 2 is 1.80 bits per heavy atom. The molecule has 0 saturated carbocycles. The van der Waals surface area contributed by atoms with Crippen molar-refractivity contribution in [3.63, 3.8) is 0 Å². The number of aryl methyl sites for hydroxylation is 1. The van der Waals surface area contributed by atoms with Gasteiger partial charge in [-0.2, -0.15) is 5.26 Å². The summed E-state index contributed by atoms with van der Waals surface area (Å²) in [4.78, 5) is 0. The zero-order chi connectivity index (χ0) is 14.8. The maximum absolute atomic E-state index is 8.86. The van der Waals surface area contributed by atoms with E-state index in [0.29, 0.717) is 0 Å². The van der Waals surface area contributed by atoms with Gasteiger partial charge in [-0.25, -0.2) is 0 Å².